The molecule has 0 radical (unpaired) electrons. The lowest BCUT2D eigenvalue weighted by Gasteiger charge is -2.26. The average molecular weight is 673 g/mol. The van der Waals surface area contributed by atoms with Crippen molar-refractivity contribution in [2.45, 2.75) is 38.1 Å². The second kappa shape index (κ2) is 16.4. The van der Waals surface area contributed by atoms with E-state index in [1.54, 1.807) is 12.4 Å². The molecule has 0 saturated carbocycles. The Morgan fingerprint density at radius 3 is 2.02 bits per heavy atom. The molecular formula is C36H44N6O5S. The molecule has 2 amide bonds. The highest BCUT2D eigenvalue weighted by Crippen LogP contribution is 2.22. The van der Waals surface area contributed by atoms with Gasteiger partial charge in [0.2, 0.25) is 10.0 Å². The van der Waals surface area contributed by atoms with Gasteiger partial charge in [-0.05, 0) is 54.3 Å². The van der Waals surface area contributed by atoms with Crippen LogP contribution in [0.15, 0.2) is 97.3 Å². The lowest BCUT2D eigenvalue weighted by Crippen LogP contribution is -2.48. The van der Waals surface area contributed by atoms with Gasteiger partial charge in [-0.2, -0.15) is 0 Å². The number of carbonyl (C=O) groups is 2. The van der Waals surface area contributed by atoms with Crippen LogP contribution in [-0.4, -0.2) is 76.4 Å². The summed E-state index contributed by atoms with van der Waals surface area (Å²) in [7, 11) is 1.52. The van der Waals surface area contributed by atoms with Gasteiger partial charge in [-0.3, -0.25) is 18.9 Å². The minimum Gasteiger partial charge on any atom is -0.390 e. The van der Waals surface area contributed by atoms with Gasteiger partial charge in [0, 0.05) is 51.6 Å². The van der Waals surface area contributed by atoms with E-state index in [2.05, 4.69) is 20.9 Å². The number of aliphatic hydroxyl groups is 1. The number of sulfonamides is 1. The molecule has 1 heterocycles. The standard InChI is InChI=1S/C36H44N6O5S/c1-25(28-14-10-7-11-15-28)39-35(44)29-18-30(20-31(19-29)42(4)48(5,46)47)36(45)40-33(17-26-12-8-6-9-13-26)34(43)24-38-22-27-16-32(41(2)3)23-37-21-27/h6-16,18-21,23,25,33-34,38,43H,17,22,24H2,1-5H3,(H,39,44)(H,40,45). The maximum absolute atomic E-state index is 13.8. The lowest BCUT2D eigenvalue weighted by atomic mass is 10.00. The number of benzene rings is 3. The Morgan fingerprint density at radius 2 is 1.42 bits per heavy atom. The second-order valence-electron chi connectivity index (χ2n) is 12.0. The van der Waals surface area contributed by atoms with Gasteiger partial charge >= 0.3 is 0 Å². The molecule has 3 atom stereocenters. The highest BCUT2D eigenvalue weighted by atomic mass is 32.2. The maximum atomic E-state index is 13.8. The largest absolute Gasteiger partial charge is 0.390 e. The van der Waals surface area contributed by atoms with Crippen LogP contribution >= 0.6 is 0 Å². The molecule has 1 aromatic heterocycles. The fraction of sp³-hybridized carbons (Fsp3) is 0.306. The van der Waals surface area contributed by atoms with E-state index in [4.69, 9.17) is 0 Å². The summed E-state index contributed by atoms with van der Waals surface area (Å²) in [6, 6.07) is 24.1. The molecule has 0 aliphatic carbocycles. The van der Waals surface area contributed by atoms with Crippen LogP contribution in [0.25, 0.3) is 0 Å². The smallest absolute Gasteiger partial charge is 0.251 e. The summed E-state index contributed by atoms with van der Waals surface area (Å²) in [6.45, 7) is 2.47. The van der Waals surface area contributed by atoms with Gasteiger partial charge in [0.1, 0.15) is 0 Å². The molecule has 48 heavy (non-hydrogen) atoms. The van der Waals surface area contributed by atoms with Gasteiger partial charge in [-0.15, -0.1) is 0 Å². The number of nitrogens with zero attached hydrogens (tertiary/aromatic N) is 3. The topological polar surface area (TPSA) is 144 Å². The van der Waals surface area contributed by atoms with Crippen LogP contribution in [0, 0.1) is 0 Å². The zero-order chi connectivity index (χ0) is 34.8. The number of carbonyl (C=O) groups excluding carboxylic acids is 2. The highest BCUT2D eigenvalue weighted by Gasteiger charge is 2.25. The van der Waals surface area contributed by atoms with Crippen LogP contribution in [0.2, 0.25) is 0 Å². The van der Waals surface area contributed by atoms with Gasteiger partial charge in [0.15, 0.2) is 0 Å². The summed E-state index contributed by atoms with van der Waals surface area (Å²) in [5.74, 6) is -1.03. The van der Waals surface area contributed by atoms with Gasteiger partial charge < -0.3 is 26.0 Å². The Kier molecular flexibility index (Phi) is 12.3. The number of hydrogen-bond donors (Lipinski definition) is 4. The third-order valence-electron chi connectivity index (χ3n) is 8.01. The Labute approximate surface area is 283 Å². The van der Waals surface area contributed by atoms with E-state index < -0.39 is 34.0 Å². The van der Waals surface area contributed by atoms with Crippen molar-refractivity contribution in [3.63, 3.8) is 0 Å². The van der Waals surface area contributed by atoms with Crippen LogP contribution < -0.4 is 25.2 Å². The SMILES string of the molecule is CC(NC(=O)c1cc(C(=O)NC(Cc2ccccc2)C(O)CNCc2cncc(N(C)C)c2)cc(N(C)S(C)(=O)=O)c1)c1ccccc1. The number of hydrogen-bond acceptors (Lipinski definition) is 8. The molecule has 3 unspecified atom stereocenters. The number of rotatable bonds is 15. The van der Waals surface area contributed by atoms with Crippen LogP contribution in [0.3, 0.4) is 0 Å². The fourth-order valence-electron chi connectivity index (χ4n) is 5.08. The molecule has 0 fully saturated rings. The summed E-state index contributed by atoms with van der Waals surface area (Å²) < 4.78 is 25.9. The molecule has 11 nitrogen and oxygen atoms in total. The van der Waals surface area contributed by atoms with Gasteiger partial charge in [0.05, 0.1) is 42.0 Å². The van der Waals surface area contributed by atoms with Crippen molar-refractivity contribution in [1.29, 1.82) is 0 Å². The summed E-state index contributed by atoms with van der Waals surface area (Å²) in [5.41, 5.74) is 4.04. The number of amides is 2. The van der Waals surface area contributed by atoms with Crippen LogP contribution in [0.1, 0.15) is 50.4 Å². The molecule has 0 spiro atoms. The van der Waals surface area contributed by atoms with Gasteiger partial charge in [0.25, 0.3) is 11.8 Å². The van der Waals surface area contributed by atoms with E-state index in [1.165, 1.54) is 25.2 Å². The summed E-state index contributed by atoms with van der Waals surface area (Å²) in [5, 5.41) is 20.5. The molecule has 0 aliphatic rings. The Bertz CT molecular complexity index is 1790. The third-order valence-corrected chi connectivity index (χ3v) is 9.21. The van der Waals surface area contributed by atoms with Crippen LogP contribution in [-0.2, 0) is 23.0 Å². The van der Waals surface area contributed by atoms with Crippen molar-refractivity contribution >= 4 is 33.2 Å². The Morgan fingerprint density at radius 1 is 0.812 bits per heavy atom. The first-order valence-corrected chi connectivity index (χ1v) is 17.5. The number of pyridine rings is 1. The van der Waals surface area contributed by atoms with E-state index >= 15 is 0 Å². The van der Waals surface area contributed by atoms with Crippen molar-refractivity contribution in [2.24, 2.45) is 0 Å². The number of anilines is 2. The molecule has 0 saturated heterocycles. The Hall–Kier alpha value is -4.78. The quantitative estimate of drug-likeness (QED) is 0.150. The molecule has 4 N–H and O–H groups in total. The maximum Gasteiger partial charge on any atom is 0.251 e. The van der Waals surface area contributed by atoms with Crippen molar-refractivity contribution < 1.29 is 23.1 Å². The fourth-order valence-corrected chi connectivity index (χ4v) is 5.56. The lowest BCUT2D eigenvalue weighted by molar-refractivity contribution is 0.0830. The second-order valence-corrected chi connectivity index (χ2v) is 14.0. The monoisotopic (exact) mass is 672 g/mol. The predicted octanol–water partition coefficient (Wildman–Crippen LogP) is 3.53. The van der Waals surface area contributed by atoms with Crippen molar-refractivity contribution in [3.05, 3.63) is 125 Å². The molecular weight excluding hydrogens is 629 g/mol. The van der Waals surface area contributed by atoms with E-state index in [0.717, 1.165) is 32.9 Å². The molecule has 4 rings (SSSR count). The molecule has 12 heteroatoms. The van der Waals surface area contributed by atoms with E-state index in [9.17, 15) is 23.1 Å². The molecule has 3 aromatic carbocycles. The van der Waals surface area contributed by atoms with Crippen LogP contribution in [0.4, 0.5) is 11.4 Å². The first-order valence-electron chi connectivity index (χ1n) is 15.6. The van der Waals surface area contributed by atoms with Crippen molar-refractivity contribution in [1.82, 2.24) is 20.9 Å². The zero-order valence-electron chi connectivity index (χ0n) is 27.9. The summed E-state index contributed by atoms with van der Waals surface area (Å²) in [4.78, 5) is 33.5. The van der Waals surface area contributed by atoms with E-state index in [0.29, 0.717) is 13.0 Å². The average Bonchev–Trinajstić information content (AvgIpc) is 3.07. The predicted molar refractivity (Wildman–Crippen MR) is 190 cm³/mol. The third kappa shape index (κ3) is 10.1. The molecule has 0 aliphatic heterocycles. The van der Waals surface area contributed by atoms with Gasteiger partial charge in [-0.1, -0.05) is 60.7 Å². The summed E-state index contributed by atoms with van der Waals surface area (Å²) in [6.07, 6.45) is 3.91. The van der Waals surface area contributed by atoms with Crippen molar-refractivity contribution in [2.75, 3.05) is 43.1 Å². The van der Waals surface area contributed by atoms with Crippen LogP contribution in [0.5, 0.6) is 0 Å². The zero-order valence-corrected chi connectivity index (χ0v) is 28.7. The highest BCUT2D eigenvalue weighted by molar-refractivity contribution is 7.92. The molecule has 0 bridgehead atoms. The number of aromatic nitrogens is 1. The van der Waals surface area contributed by atoms with Gasteiger partial charge in [-0.25, -0.2) is 8.42 Å². The van der Waals surface area contributed by atoms with E-state index in [-0.39, 0.29) is 29.4 Å². The summed E-state index contributed by atoms with van der Waals surface area (Å²) >= 11 is 0. The van der Waals surface area contributed by atoms with E-state index in [1.807, 2.05) is 92.6 Å². The number of aliphatic hydroxyl groups excluding tert-OH is 1. The Balaban J connectivity index is 1.57. The minimum atomic E-state index is -3.71. The normalized spacial score (nSPS) is 13.2. The first kappa shape index (κ1) is 36.1. The first-order chi connectivity index (χ1) is 22.8. The molecule has 4 aromatic rings. The number of nitrogens with one attached hydrogen (secondary N) is 3. The minimum absolute atomic E-state index is 0.0744. The molecule has 254 valence electrons. The van der Waals surface area contributed by atoms with Crippen molar-refractivity contribution in [3.8, 4) is 0 Å².